The second kappa shape index (κ2) is 8.55. The number of piperidine rings is 1. The smallest absolute Gasteiger partial charge is 0.225 e. The topological polar surface area (TPSA) is 71.0 Å². The number of ether oxygens (including phenoxy) is 2. The van der Waals surface area contributed by atoms with Crippen LogP contribution in [-0.2, 0) is 6.54 Å². The van der Waals surface area contributed by atoms with E-state index in [1.54, 1.807) is 26.6 Å². The minimum Gasteiger partial charge on any atom is -0.493 e. The Hall–Kier alpha value is -2.38. The Morgan fingerprint density at radius 3 is 2.48 bits per heavy atom. The highest BCUT2D eigenvalue weighted by Gasteiger charge is 2.48. The number of hydrogen-bond acceptors (Lipinski definition) is 7. The zero-order chi connectivity index (χ0) is 20.3. The van der Waals surface area contributed by atoms with E-state index in [9.17, 15) is 5.11 Å². The lowest BCUT2D eigenvalue weighted by molar-refractivity contribution is 0.0506. The Bertz CT molecular complexity index is 809. The van der Waals surface area contributed by atoms with Crippen LogP contribution in [0.3, 0.4) is 0 Å². The molecule has 2 aliphatic heterocycles. The summed E-state index contributed by atoms with van der Waals surface area (Å²) in [4.78, 5) is 13.5. The van der Waals surface area contributed by atoms with E-state index >= 15 is 0 Å². The highest BCUT2D eigenvalue weighted by molar-refractivity contribution is 5.43. The number of methoxy groups -OCH3 is 2. The van der Waals surface area contributed by atoms with Gasteiger partial charge in [-0.3, -0.25) is 4.90 Å². The van der Waals surface area contributed by atoms with Crippen molar-refractivity contribution in [3.05, 3.63) is 42.2 Å². The van der Waals surface area contributed by atoms with Crippen molar-refractivity contribution in [2.75, 3.05) is 51.9 Å². The van der Waals surface area contributed by atoms with Crippen molar-refractivity contribution in [1.82, 2.24) is 14.9 Å². The maximum atomic E-state index is 10.0. The summed E-state index contributed by atoms with van der Waals surface area (Å²) in [6.45, 7) is 4.91. The Morgan fingerprint density at radius 2 is 1.83 bits per heavy atom. The van der Waals surface area contributed by atoms with Crippen LogP contribution in [0.4, 0.5) is 5.95 Å². The third kappa shape index (κ3) is 4.02. The molecule has 29 heavy (non-hydrogen) atoms. The van der Waals surface area contributed by atoms with Crippen molar-refractivity contribution in [3.63, 3.8) is 0 Å². The summed E-state index contributed by atoms with van der Waals surface area (Å²) >= 11 is 0. The first kappa shape index (κ1) is 19.9. The van der Waals surface area contributed by atoms with Gasteiger partial charge in [0.2, 0.25) is 5.95 Å². The SMILES string of the molecule is COc1ccc(CN2CCC3(CC2)CN(c2ncccn2)CC3CO)cc1OC. The Labute approximate surface area is 172 Å². The number of anilines is 1. The molecule has 2 saturated heterocycles. The van der Waals surface area contributed by atoms with Gasteiger partial charge in [-0.05, 0) is 55.1 Å². The van der Waals surface area contributed by atoms with Crippen LogP contribution in [0.5, 0.6) is 11.5 Å². The zero-order valence-electron chi connectivity index (χ0n) is 17.3. The van der Waals surface area contributed by atoms with Crippen LogP contribution in [0.2, 0.25) is 0 Å². The average molecular weight is 399 g/mol. The molecule has 0 radical (unpaired) electrons. The first-order valence-corrected chi connectivity index (χ1v) is 10.2. The van der Waals surface area contributed by atoms with Crippen molar-refractivity contribution in [2.24, 2.45) is 11.3 Å². The first-order chi connectivity index (χ1) is 14.2. The summed E-state index contributed by atoms with van der Waals surface area (Å²) in [5.41, 5.74) is 1.37. The molecule has 1 aromatic heterocycles. The molecule has 1 unspecified atom stereocenters. The molecule has 7 nitrogen and oxygen atoms in total. The van der Waals surface area contributed by atoms with E-state index in [1.165, 1.54) is 5.56 Å². The number of nitrogens with zero attached hydrogens (tertiary/aromatic N) is 4. The predicted molar refractivity (Wildman–Crippen MR) is 111 cm³/mol. The zero-order valence-corrected chi connectivity index (χ0v) is 17.3. The molecule has 3 heterocycles. The molecule has 0 saturated carbocycles. The number of aromatic nitrogens is 2. The van der Waals surface area contributed by atoms with E-state index in [0.29, 0.717) is 0 Å². The number of aliphatic hydroxyl groups is 1. The van der Waals surface area contributed by atoms with Crippen LogP contribution < -0.4 is 14.4 Å². The molecule has 0 amide bonds. The highest BCUT2D eigenvalue weighted by atomic mass is 16.5. The van der Waals surface area contributed by atoms with Gasteiger partial charge in [-0.1, -0.05) is 6.07 Å². The molecule has 2 aromatic rings. The van der Waals surface area contributed by atoms with E-state index in [0.717, 1.165) is 63.0 Å². The van der Waals surface area contributed by atoms with E-state index in [2.05, 4.69) is 31.9 Å². The number of likely N-dealkylation sites (tertiary alicyclic amines) is 1. The highest BCUT2D eigenvalue weighted by Crippen LogP contribution is 2.45. The summed E-state index contributed by atoms with van der Waals surface area (Å²) < 4.78 is 10.8. The molecule has 1 atom stereocenters. The van der Waals surface area contributed by atoms with Crippen LogP contribution in [0.15, 0.2) is 36.7 Å². The standard InChI is InChI=1S/C22H30N4O3/c1-28-19-5-4-17(12-20(19)29-2)13-25-10-6-22(7-11-25)16-26(14-18(22)15-27)21-23-8-3-9-24-21/h3-5,8-9,12,18,27H,6-7,10-11,13-16H2,1-2H3. The molecule has 2 aliphatic rings. The number of benzene rings is 1. The fraction of sp³-hybridized carbons (Fsp3) is 0.545. The van der Waals surface area contributed by atoms with Crippen molar-refractivity contribution in [2.45, 2.75) is 19.4 Å². The van der Waals surface area contributed by atoms with E-state index in [1.807, 2.05) is 12.1 Å². The van der Waals surface area contributed by atoms with Gasteiger partial charge < -0.3 is 19.5 Å². The molecule has 2 fully saturated rings. The Kier molecular flexibility index (Phi) is 5.87. The summed E-state index contributed by atoms with van der Waals surface area (Å²) in [7, 11) is 3.33. The fourth-order valence-corrected chi connectivity index (χ4v) is 4.85. The molecule has 156 valence electrons. The fourth-order valence-electron chi connectivity index (χ4n) is 4.85. The summed E-state index contributed by atoms with van der Waals surface area (Å²) in [6, 6.07) is 7.97. The second-order valence-electron chi connectivity index (χ2n) is 8.14. The second-order valence-corrected chi connectivity index (χ2v) is 8.14. The molecule has 0 aliphatic carbocycles. The minimum absolute atomic E-state index is 0.141. The molecule has 1 spiro atoms. The van der Waals surface area contributed by atoms with E-state index < -0.39 is 0 Å². The van der Waals surface area contributed by atoms with Gasteiger partial charge in [0.25, 0.3) is 0 Å². The van der Waals surface area contributed by atoms with Crippen LogP contribution in [0.25, 0.3) is 0 Å². The number of hydrogen-bond donors (Lipinski definition) is 1. The Morgan fingerprint density at radius 1 is 1.10 bits per heavy atom. The lowest BCUT2D eigenvalue weighted by atomic mass is 9.71. The van der Waals surface area contributed by atoms with Crippen molar-refractivity contribution in [1.29, 1.82) is 0 Å². The summed E-state index contributed by atoms with van der Waals surface area (Å²) in [5.74, 6) is 2.58. The molecule has 1 N–H and O–H groups in total. The third-order valence-electron chi connectivity index (χ3n) is 6.57. The van der Waals surface area contributed by atoms with Gasteiger partial charge in [0.05, 0.1) is 14.2 Å². The predicted octanol–water partition coefficient (Wildman–Crippen LogP) is 2.20. The molecular weight excluding hydrogens is 368 g/mol. The van der Waals surface area contributed by atoms with Crippen molar-refractivity contribution >= 4 is 5.95 Å². The molecule has 4 rings (SSSR count). The van der Waals surface area contributed by atoms with Gasteiger partial charge in [0, 0.05) is 44.6 Å². The van der Waals surface area contributed by atoms with Crippen LogP contribution in [0, 0.1) is 11.3 Å². The minimum atomic E-state index is 0.141. The van der Waals surface area contributed by atoms with Crippen LogP contribution in [0.1, 0.15) is 18.4 Å². The lowest BCUT2D eigenvalue weighted by Gasteiger charge is -2.42. The summed E-state index contributed by atoms with van der Waals surface area (Å²) in [5, 5.41) is 10.0. The van der Waals surface area contributed by atoms with E-state index in [-0.39, 0.29) is 17.9 Å². The Balaban J connectivity index is 1.40. The van der Waals surface area contributed by atoms with Gasteiger partial charge in [0.15, 0.2) is 11.5 Å². The quantitative estimate of drug-likeness (QED) is 0.800. The summed E-state index contributed by atoms with van der Waals surface area (Å²) in [6.07, 6.45) is 5.73. The van der Waals surface area contributed by atoms with Gasteiger partial charge in [0.1, 0.15) is 0 Å². The average Bonchev–Trinajstić information content (AvgIpc) is 3.14. The maximum absolute atomic E-state index is 10.0. The lowest BCUT2D eigenvalue weighted by Crippen LogP contribution is -2.44. The van der Waals surface area contributed by atoms with Gasteiger partial charge in [-0.25, -0.2) is 9.97 Å². The molecule has 0 bridgehead atoms. The van der Waals surface area contributed by atoms with Crippen LogP contribution >= 0.6 is 0 Å². The normalized spacial score (nSPS) is 21.5. The largest absolute Gasteiger partial charge is 0.493 e. The molecular formula is C22H30N4O3. The molecule has 7 heteroatoms. The number of aliphatic hydroxyl groups excluding tert-OH is 1. The van der Waals surface area contributed by atoms with Crippen molar-refractivity contribution < 1.29 is 14.6 Å². The van der Waals surface area contributed by atoms with Gasteiger partial charge in [-0.15, -0.1) is 0 Å². The number of rotatable bonds is 6. The van der Waals surface area contributed by atoms with Gasteiger partial charge >= 0.3 is 0 Å². The third-order valence-corrected chi connectivity index (χ3v) is 6.57. The van der Waals surface area contributed by atoms with Gasteiger partial charge in [-0.2, -0.15) is 0 Å². The maximum Gasteiger partial charge on any atom is 0.225 e. The molecule has 1 aromatic carbocycles. The van der Waals surface area contributed by atoms with Crippen LogP contribution in [-0.4, -0.2) is 67.0 Å². The first-order valence-electron chi connectivity index (χ1n) is 10.2. The van der Waals surface area contributed by atoms with E-state index in [4.69, 9.17) is 9.47 Å². The van der Waals surface area contributed by atoms with Crippen molar-refractivity contribution in [3.8, 4) is 11.5 Å². The monoisotopic (exact) mass is 398 g/mol.